The lowest BCUT2D eigenvalue weighted by atomic mass is 9.91. The van der Waals surface area contributed by atoms with Crippen molar-refractivity contribution in [2.75, 3.05) is 38.7 Å². The van der Waals surface area contributed by atoms with Crippen LogP contribution in [-0.2, 0) is 11.2 Å². The van der Waals surface area contributed by atoms with E-state index in [1.165, 1.54) is 5.56 Å². The van der Waals surface area contributed by atoms with Crippen molar-refractivity contribution in [1.82, 2.24) is 10.6 Å². The van der Waals surface area contributed by atoms with E-state index in [1.807, 2.05) is 44.2 Å². The molecular weight excluding hydrogens is 404 g/mol. The molecule has 0 spiro atoms. The number of ether oxygens (including phenoxy) is 2. The molecule has 3 rings (SSSR count). The SMILES string of the molecule is CCNC(=NCC1CC(=O)Nc2ccccc21)NCCCc1ccc(OC)c(OCC)c1. The van der Waals surface area contributed by atoms with Crippen molar-refractivity contribution in [1.29, 1.82) is 0 Å². The van der Waals surface area contributed by atoms with Crippen LogP contribution in [0.25, 0.3) is 0 Å². The van der Waals surface area contributed by atoms with Crippen LogP contribution < -0.4 is 25.4 Å². The number of aliphatic imine (C=N–C) groups is 1. The minimum absolute atomic E-state index is 0.0489. The average molecular weight is 439 g/mol. The second-order valence-corrected chi connectivity index (χ2v) is 7.70. The van der Waals surface area contributed by atoms with Gasteiger partial charge in [-0.05, 0) is 56.0 Å². The Labute approximate surface area is 190 Å². The van der Waals surface area contributed by atoms with Gasteiger partial charge in [-0.15, -0.1) is 0 Å². The van der Waals surface area contributed by atoms with E-state index >= 15 is 0 Å². The summed E-state index contributed by atoms with van der Waals surface area (Å²) in [5, 5.41) is 9.65. The molecule has 1 atom stereocenters. The van der Waals surface area contributed by atoms with E-state index in [-0.39, 0.29) is 11.8 Å². The number of hydrogen-bond acceptors (Lipinski definition) is 4. The molecule has 1 aliphatic rings. The summed E-state index contributed by atoms with van der Waals surface area (Å²) >= 11 is 0. The molecule has 0 radical (unpaired) electrons. The van der Waals surface area contributed by atoms with Crippen LogP contribution >= 0.6 is 0 Å². The molecule has 0 fully saturated rings. The van der Waals surface area contributed by atoms with Gasteiger partial charge in [-0.25, -0.2) is 0 Å². The van der Waals surface area contributed by atoms with E-state index in [0.29, 0.717) is 19.6 Å². The Balaban J connectivity index is 1.54. The third-order valence-corrected chi connectivity index (χ3v) is 5.38. The Morgan fingerprint density at radius 2 is 2.00 bits per heavy atom. The van der Waals surface area contributed by atoms with Crippen molar-refractivity contribution >= 4 is 17.6 Å². The molecule has 0 bridgehead atoms. The predicted octanol–water partition coefficient (Wildman–Crippen LogP) is 3.71. The average Bonchev–Trinajstić information content (AvgIpc) is 2.80. The molecule has 3 N–H and O–H groups in total. The first kappa shape index (κ1) is 23.4. The first-order chi connectivity index (χ1) is 15.6. The highest BCUT2D eigenvalue weighted by molar-refractivity contribution is 5.94. The lowest BCUT2D eigenvalue weighted by molar-refractivity contribution is -0.116. The van der Waals surface area contributed by atoms with E-state index in [9.17, 15) is 4.79 Å². The summed E-state index contributed by atoms with van der Waals surface area (Å²) < 4.78 is 11.0. The fourth-order valence-electron chi connectivity index (χ4n) is 3.85. The quantitative estimate of drug-likeness (QED) is 0.299. The Hall–Kier alpha value is -3.22. The number of para-hydroxylation sites is 1. The van der Waals surface area contributed by atoms with Crippen molar-refractivity contribution < 1.29 is 14.3 Å². The number of fused-ring (bicyclic) bond motifs is 1. The predicted molar refractivity (Wildman–Crippen MR) is 129 cm³/mol. The van der Waals surface area contributed by atoms with Gasteiger partial charge in [0.25, 0.3) is 0 Å². The smallest absolute Gasteiger partial charge is 0.225 e. The Kier molecular flexibility index (Phi) is 8.78. The monoisotopic (exact) mass is 438 g/mol. The van der Waals surface area contributed by atoms with Crippen LogP contribution in [0, 0.1) is 0 Å². The highest BCUT2D eigenvalue weighted by Crippen LogP contribution is 2.32. The number of aryl methyl sites for hydroxylation is 1. The van der Waals surface area contributed by atoms with Gasteiger partial charge in [0.2, 0.25) is 5.91 Å². The highest BCUT2D eigenvalue weighted by atomic mass is 16.5. The summed E-state index contributed by atoms with van der Waals surface area (Å²) in [7, 11) is 1.65. The molecule has 32 heavy (non-hydrogen) atoms. The molecule has 2 aromatic rings. The van der Waals surface area contributed by atoms with Crippen molar-refractivity contribution in [2.24, 2.45) is 4.99 Å². The van der Waals surface area contributed by atoms with Crippen LogP contribution in [0.5, 0.6) is 11.5 Å². The molecule has 1 aliphatic heterocycles. The zero-order valence-electron chi connectivity index (χ0n) is 19.2. The standard InChI is InChI=1S/C25H34N4O3/c1-4-26-25(28-17-19-16-24(30)29-21-11-7-6-10-20(19)21)27-14-8-9-18-12-13-22(31-3)23(15-18)32-5-2/h6-7,10-13,15,19H,4-5,8-9,14,16-17H2,1-3H3,(H,29,30)(H2,26,27,28). The minimum atomic E-state index is 0.0489. The summed E-state index contributed by atoms with van der Waals surface area (Å²) in [4.78, 5) is 16.8. The summed E-state index contributed by atoms with van der Waals surface area (Å²) in [6.07, 6.45) is 2.34. The molecule has 0 aromatic heterocycles. The number of amides is 1. The summed E-state index contributed by atoms with van der Waals surface area (Å²) in [5.74, 6) is 2.46. The van der Waals surface area contributed by atoms with E-state index in [0.717, 1.165) is 54.6 Å². The maximum absolute atomic E-state index is 12.0. The maximum atomic E-state index is 12.0. The summed E-state index contributed by atoms with van der Waals surface area (Å²) in [5.41, 5.74) is 3.26. The lowest BCUT2D eigenvalue weighted by Crippen LogP contribution is -2.38. The third kappa shape index (κ3) is 6.39. The van der Waals surface area contributed by atoms with Crippen molar-refractivity contribution in [3.8, 4) is 11.5 Å². The van der Waals surface area contributed by atoms with Gasteiger partial charge in [-0.3, -0.25) is 9.79 Å². The number of anilines is 1. The Bertz CT molecular complexity index is 929. The molecule has 7 heteroatoms. The highest BCUT2D eigenvalue weighted by Gasteiger charge is 2.24. The Morgan fingerprint density at radius 1 is 1.16 bits per heavy atom. The Morgan fingerprint density at radius 3 is 2.78 bits per heavy atom. The molecule has 7 nitrogen and oxygen atoms in total. The minimum Gasteiger partial charge on any atom is -0.493 e. The first-order valence-corrected chi connectivity index (χ1v) is 11.3. The summed E-state index contributed by atoms with van der Waals surface area (Å²) in [6, 6.07) is 14.0. The van der Waals surface area contributed by atoms with Crippen LogP contribution in [0.1, 0.15) is 43.7 Å². The van der Waals surface area contributed by atoms with Crippen LogP contribution in [0.2, 0.25) is 0 Å². The maximum Gasteiger partial charge on any atom is 0.225 e. The molecule has 0 aliphatic carbocycles. The van der Waals surface area contributed by atoms with Crippen LogP contribution in [0.15, 0.2) is 47.5 Å². The van der Waals surface area contributed by atoms with Gasteiger partial charge in [0.1, 0.15) is 0 Å². The molecule has 1 amide bonds. The van der Waals surface area contributed by atoms with Gasteiger partial charge in [0.05, 0.1) is 20.3 Å². The molecule has 0 saturated carbocycles. The summed E-state index contributed by atoms with van der Waals surface area (Å²) in [6.45, 7) is 6.77. The van der Waals surface area contributed by atoms with Gasteiger partial charge >= 0.3 is 0 Å². The largest absolute Gasteiger partial charge is 0.493 e. The van der Waals surface area contributed by atoms with E-state index in [1.54, 1.807) is 7.11 Å². The van der Waals surface area contributed by atoms with Gasteiger partial charge in [-0.2, -0.15) is 0 Å². The van der Waals surface area contributed by atoms with Crippen LogP contribution in [0.3, 0.4) is 0 Å². The number of rotatable bonds is 10. The molecular formula is C25H34N4O3. The van der Waals surface area contributed by atoms with Gasteiger partial charge in [0, 0.05) is 31.1 Å². The second kappa shape index (κ2) is 12.0. The molecule has 2 aromatic carbocycles. The van der Waals surface area contributed by atoms with Crippen LogP contribution in [-0.4, -0.2) is 45.2 Å². The second-order valence-electron chi connectivity index (χ2n) is 7.70. The number of nitrogens with one attached hydrogen (secondary N) is 3. The number of benzene rings is 2. The topological polar surface area (TPSA) is 84.0 Å². The zero-order valence-corrected chi connectivity index (χ0v) is 19.2. The van der Waals surface area contributed by atoms with E-state index in [4.69, 9.17) is 14.5 Å². The number of methoxy groups -OCH3 is 1. The van der Waals surface area contributed by atoms with Gasteiger partial charge in [0.15, 0.2) is 17.5 Å². The number of hydrogen-bond donors (Lipinski definition) is 3. The number of nitrogens with zero attached hydrogens (tertiary/aromatic N) is 1. The molecule has 1 heterocycles. The first-order valence-electron chi connectivity index (χ1n) is 11.3. The molecule has 172 valence electrons. The lowest BCUT2D eigenvalue weighted by Gasteiger charge is -2.24. The normalized spacial score (nSPS) is 15.5. The van der Waals surface area contributed by atoms with Gasteiger partial charge < -0.3 is 25.4 Å². The number of carbonyl (C=O) groups is 1. The fraction of sp³-hybridized carbons (Fsp3) is 0.440. The number of carbonyl (C=O) groups excluding carboxylic acids is 1. The van der Waals surface area contributed by atoms with E-state index < -0.39 is 0 Å². The van der Waals surface area contributed by atoms with Crippen molar-refractivity contribution in [3.63, 3.8) is 0 Å². The fourth-order valence-corrected chi connectivity index (χ4v) is 3.85. The molecule has 1 unspecified atom stereocenters. The van der Waals surface area contributed by atoms with Crippen molar-refractivity contribution in [3.05, 3.63) is 53.6 Å². The zero-order chi connectivity index (χ0) is 22.8. The van der Waals surface area contributed by atoms with E-state index in [2.05, 4.69) is 28.1 Å². The number of guanidine groups is 1. The third-order valence-electron chi connectivity index (χ3n) is 5.38. The van der Waals surface area contributed by atoms with Crippen molar-refractivity contribution in [2.45, 2.75) is 39.0 Å². The van der Waals surface area contributed by atoms with Crippen LogP contribution in [0.4, 0.5) is 5.69 Å². The molecule has 0 saturated heterocycles. The van der Waals surface area contributed by atoms with Gasteiger partial charge in [-0.1, -0.05) is 24.3 Å².